The Labute approximate surface area is 183 Å². The molecular formula is C24H20N6O2. The molecule has 0 aliphatic carbocycles. The van der Waals surface area contributed by atoms with Crippen LogP contribution in [0.3, 0.4) is 0 Å². The van der Waals surface area contributed by atoms with Crippen molar-refractivity contribution in [2.45, 2.75) is 6.54 Å². The molecule has 0 aliphatic rings. The molecule has 0 spiro atoms. The zero-order valence-corrected chi connectivity index (χ0v) is 17.3. The van der Waals surface area contributed by atoms with Gasteiger partial charge in [0.15, 0.2) is 5.82 Å². The number of amides is 1. The number of methoxy groups -OCH3 is 1. The second-order valence-corrected chi connectivity index (χ2v) is 7.17. The van der Waals surface area contributed by atoms with E-state index in [2.05, 4.69) is 25.8 Å². The van der Waals surface area contributed by atoms with E-state index in [1.54, 1.807) is 25.6 Å². The van der Waals surface area contributed by atoms with Crippen LogP contribution in [0, 0.1) is 0 Å². The van der Waals surface area contributed by atoms with Crippen molar-refractivity contribution < 1.29 is 9.53 Å². The third kappa shape index (κ3) is 3.69. The molecule has 2 N–H and O–H groups in total. The summed E-state index contributed by atoms with van der Waals surface area (Å²) in [5.41, 5.74) is 4.65. The fourth-order valence-corrected chi connectivity index (χ4v) is 3.56. The van der Waals surface area contributed by atoms with E-state index in [0.29, 0.717) is 23.6 Å². The summed E-state index contributed by atoms with van der Waals surface area (Å²) in [7, 11) is 1.62. The summed E-state index contributed by atoms with van der Waals surface area (Å²) in [6, 6.07) is 22.6. The highest BCUT2D eigenvalue weighted by atomic mass is 16.5. The quantitative estimate of drug-likeness (QED) is 0.429. The number of aromatic nitrogens is 4. The van der Waals surface area contributed by atoms with Crippen molar-refractivity contribution in [3.05, 3.63) is 90.3 Å². The fraction of sp³-hybridized carbons (Fsp3) is 0.0833. The maximum atomic E-state index is 12.6. The Bertz CT molecular complexity index is 1410. The number of carbonyl (C=O) groups is 1. The average Bonchev–Trinajstić information content (AvgIpc) is 3.34. The normalized spacial score (nSPS) is 10.9. The third-order valence-electron chi connectivity index (χ3n) is 5.17. The van der Waals surface area contributed by atoms with Crippen LogP contribution in [0.1, 0.15) is 15.9 Å². The second kappa shape index (κ2) is 8.35. The molecule has 8 nitrogen and oxygen atoms in total. The first-order chi connectivity index (χ1) is 15.7. The highest BCUT2D eigenvalue weighted by molar-refractivity contribution is 5.94. The van der Waals surface area contributed by atoms with Gasteiger partial charge in [0.25, 0.3) is 5.91 Å². The van der Waals surface area contributed by atoms with E-state index in [1.807, 2.05) is 65.1 Å². The molecule has 158 valence electrons. The number of nitrogens with one attached hydrogen (secondary N) is 2. The third-order valence-corrected chi connectivity index (χ3v) is 5.17. The molecule has 0 saturated heterocycles. The molecule has 0 fully saturated rings. The lowest BCUT2D eigenvalue weighted by atomic mass is 10.1. The standard InChI is InChI=1S/C24H20N6O2/c1-32-21-9-5-2-6-17(21)14-25-24(31)16-10-12-18(13-11-16)27-22-23-29-26-15-30(23)20-8-4-3-7-19(20)28-22/h2-13,15H,14H2,1H3,(H,25,31)(H,27,28). The maximum Gasteiger partial charge on any atom is 0.251 e. The number of rotatable bonds is 6. The lowest BCUT2D eigenvalue weighted by molar-refractivity contribution is 0.0950. The van der Waals surface area contributed by atoms with Crippen LogP contribution in [-0.2, 0) is 6.54 Å². The smallest absolute Gasteiger partial charge is 0.251 e. The molecule has 0 atom stereocenters. The van der Waals surface area contributed by atoms with Crippen molar-refractivity contribution in [3.8, 4) is 5.75 Å². The van der Waals surface area contributed by atoms with Gasteiger partial charge in [-0.15, -0.1) is 10.2 Å². The Morgan fingerprint density at radius 1 is 1.00 bits per heavy atom. The molecule has 2 heterocycles. The molecule has 0 unspecified atom stereocenters. The summed E-state index contributed by atoms with van der Waals surface area (Å²) >= 11 is 0. The Morgan fingerprint density at radius 3 is 2.62 bits per heavy atom. The predicted molar refractivity (Wildman–Crippen MR) is 122 cm³/mol. The topological polar surface area (TPSA) is 93.4 Å². The van der Waals surface area contributed by atoms with Gasteiger partial charge in [0.05, 0.1) is 18.1 Å². The van der Waals surface area contributed by atoms with Gasteiger partial charge in [-0.3, -0.25) is 9.20 Å². The van der Waals surface area contributed by atoms with Crippen LogP contribution in [-0.4, -0.2) is 32.6 Å². The van der Waals surface area contributed by atoms with Gasteiger partial charge in [0.2, 0.25) is 5.65 Å². The van der Waals surface area contributed by atoms with Crippen molar-refractivity contribution >= 4 is 34.1 Å². The zero-order valence-electron chi connectivity index (χ0n) is 17.3. The molecular weight excluding hydrogens is 404 g/mol. The minimum atomic E-state index is -0.161. The van der Waals surface area contributed by atoms with E-state index in [0.717, 1.165) is 28.0 Å². The molecule has 5 aromatic rings. The largest absolute Gasteiger partial charge is 0.496 e. The first kappa shape index (κ1) is 19.5. The first-order valence-corrected chi connectivity index (χ1v) is 10.1. The van der Waals surface area contributed by atoms with Gasteiger partial charge in [-0.2, -0.15) is 0 Å². The second-order valence-electron chi connectivity index (χ2n) is 7.17. The number of anilines is 2. The summed E-state index contributed by atoms with van der Waals surface area (Å²) in [4.78, 5) is 17.2. The number of nitrogens with zero attached hydrogens (tertiary/aromatic N) is 4. The molecule has 0 radical (unpaired) electrons. The van der Waals surface area contributed by atoms with E-state index in [-0.39, 0.29) is 5.91 Å². The molecule has 5 rings (SSSR count). The van der Waals surface area contributed by atoms with Crippen LogP contribution in [0.2, 0.25) is 0 Å². The van der Waals surface area contributed by atoms with Crippen LogP contribution in [0.4, 0.5) is 11.5 Å². The van der Waals surface area contributed by atoms with Crippen LogP contribution < -0.4 is 15.4 Å². The zero-order chi connectivity index (χ0) is 21.9. The van der Waals surface area contributed by atoms with Gasteiger partial charge in [-0.25, -0.2) is 4.98 Å². The lowest BCUT2D eigenvalue weighted by Gasteiger charge is -2.11. The number of para-hydroxylation sites is 3. The van der Waals surface area contributed by atoms with Crippen molar-refractivity contribution in [3.63, 3.8) is 0 Å². The van der Waals surface area contributed by atoms with Crippen LogP contribution in [0.15, 0.2) is 79.1 Å². The van der Waals surface area contributed by atoms with Gasteiger partial charge in [-0.05, 0) is 42.5 Å². The molecule has 8 heteroatoms. The Hall–Kier alpha value is -4.46. The van der Waals surface area contributed by atoms with Gasteiger partial charge >= 0.3 is 0 Å². The SMILES string of the molecule is COc1ccccc1CNC(=O)c1ccc(Nc2nc3ccccc3n3cnnc23)cc1. The van der Waals surface area contributed by atoms with E-state index >= 15 is 0 Å². The molecule has 1 amide bonds. The molecule has 0 bridgehead atoms. The van der Waals surface area contributed by atoms with Gasteiger partial charge in [-0.1, -0.05) is 30.3 Å². The summed E-state index contributed by atoms with van der Waals surface area (Å²) in [5, 5.41) is 14.4. The van der Waals surface area contributed by atoms with Crippen molar-refractivity contribution in [2.24, 2.45) is 0 Å². The van der Waals surface area contributed by atoms with Crippen molar-refractivity contribution in [2.75, 3.05) is 12.4 Å². The van der Waals surface area contributed by atoms with E-state index in [1.165, 1.54) is 0 Å². The van der Waals surface area contributed by atoms with Crippen LogP contribution in [0.25, 0.3) is 16.7 Å². The number of hydrogen-bond acceptors (Lipinski definition) is 6. The Kier molecular flexibility index (Phi) is 5.09. The highest BCUT2D eigenvalue weighted by Gasteiger charge is 2.11. The summed E-state index contributed by atoms with van der Waals surface area (Å²) < 4.78 is 7.22. The lowest BCUT2D eigenvalue weighted by Crippen LogP contribution is -2.23. The molecule has 32 heavy (non-hydrogen) atoms. The highest BCUT2D eigenvalue weighted by Crippen LogP contribution is 2.23. The number of carbonyl (C=O) groups excluding carboxylic acids is 1. The van der Waals surface area contributed by atoms with E-state index in [4.69, 9.17) is 4.74 Å². The molecule has 0 aliphatic heterocycles. The molecule has 2 aromatic heterocycles. The van der Waals surface area contributed by atoms with Crippen molar-refractivity contribution in [1.29, 1.82) is 0 Å². The van der Waals surface area contributed by atoms with Gasteiger partial charge in [0.1, 0.15) is 12.1 Å². The van der Waals surface area contributed by atoms with Gasteiger partial charge < -0.3 is 15.4 Å². The monoisotopic (exact) mass is 424 g/mol. The number of benzene rings is 3. The van der Waals surface area contributed by atoms with Crippen molar-refractivity contribution in [1.82, 2.24) is 24.9 Å². The number of hydrogen-bond donors (Lipinski definition) is 2. The summed E-state index contributed by atoms with van der Waals surface area (Å²) in [6.45, 7) is 0.384. The van der Waals surface area contributed by atoms with E-state index in [9.17, 15) is 4.79 Å². The maximum absolute atomic E-state index is 12.6. The minimum Gasteiger partial charge on any atom is -0.496 e. The Balaban J connectivity index is 1.33. The first-order valence-electron chi connectivity index (χ1n) is 10.1. The predicted octanol–water partition coefficient (Wildman–Crippen LogP) is 3.96. The summed E-state index contributed by atoms with van der Waals surface area (Å²) in [6.07, 6.45) is 1.67. The fourth-order valence-electron chi connectivity index (χ4n) is 3.56. The van der Waals surface area contributed by atoms with Gasteiger partial charge in [0, 0.05) is 23.4 Å². The molecule has 0 saturated carbocycles. The molecule has 3 aromatic carbocycles. The summed E-state index contributed by atoms with van der Waals surface area (Å²) in [5.74, 6) is 1.18. The number of ether oxygens (including phenoxy) is 1. The van der Waals surface area contributed by atoms with Crippen LogP contribution in [0.5, 0.6) is 5.75 Å². The number of fused-ring (bicyclic) bond motifs is 3. The minimum absolute atomic E-state index is 0.161. The van der Waals surface area contributed by atoms with Crippen LogP contribution >= 0.6 is 0 Å². The average molecular weight is 424 g/mol. The Morgan fingerprint density at radius 2 is 1.78 bits per heavy atom. The van der Waals surface area contributed by atoms with E-state index < -0.39 is 0 Å².